The van der Waals surface area contributed by atoms with E-state index in [0.29, 0.717) is 31.9 Å². The maximum atomic E-state index is 14.0. The standard InChI is InChI=1S/C31H23BrClN3O6S2/c1-2-42-30(40)17-5-11-20(12-6-17)34-22(37)15-35-29-26(44-31(35)41)23(16-3-9-19(33)10-4-16)24-25(43-29)28(39)36(27(24)38)21-13-7-18(32)8-14-21/h3-14,23-25H,2,15H2,1H3,(H,34,37)/t23-,24?,25?/m0/s1. The van der Waals surface area contributed by atoms with E-state index in [-0.39, 0.29) is 29.8 Å². The van der Waals surface area contributed by atoms with Crippen LogP contribution in [0.3, 0.4) is 0 Å². The zero-order chi connectivity index (χ0) is 31.1. The molecule has 9 nitrogen and oxygen atoms in total. The van der Waals surface area contributed by atoms with E-state index in [1.165, 1.54) is 9.47 Å². The Kier molecular flexibility index (Phi) is 8.51. The number of amides is 3. The molecule has 2 aliphatic rings. The molecule has 13 heteroatoms. The molecule has 3 atom stereocenters. The second-order valence-electron chi connectivity index (χ2n) is 10.1. The van der Waals surface area contributed by atoms with Gasteiger partial charge in [-0.05, 0) is 73.2 Å². The molecule has 0 saturated carbocycles. The Morgan fingerprint density at radius 1 is 0.955 bits per heavy atom. The Morgan fingerprint density at radius 3 is 2.30 bits per heavy atom. The molecule has 1 saturated heterocycles. The van der Waals surface area contributed by atoms with Gasteiger partial charge in [0.25, 0.3) is 0 Å². The highest BCUT2D eigenvalue weighted by Gasteiger charge is 2.56. The fourth-order valence-corrected chi connectivity index (χ4v) is 8.54. The van der Waals surface area contributed by atoms with Crippen molar-refractivity contribution in [2.45, 2.75) is 29.7 Å². The first-order chi connectivity index (χ1) is 21.2. The van der Waals surface area contributed by atoms with Crippen molar-refractivity contribution >= 4 is 85.7 Å². The number of ether oxygens (including phenoxy) is 1. The van der Waals surface area contributed by atoms with Crippen LogP contribution in [0, 0.1) is 5.92 Å². The fourth-order valence-electron chi connectivity index (χ4n) is 5.38. The van der Waals surface area contributed by atoms with Crippen molar-refractivity contribution < 1.29 is 23.9 Å². The SMILES string of the molecule is CCOC(=O)c1ccc(NC(=O)Cn2c3c(sc2=O)[C@@H](c2ccc(Cl)cc2)C2C(=O)N(c4ccc(Br)cc4)C(=O)C2S3)cc1. The van der Waals surface area contributed by atoms with Crippen LogP contribution in [0.15, 0.2) is 87.1 Å². The monoisotopic (exact) mass is 711 g/mol. The minimum absolute atomic E-state index is 0.248. The molecule has 0 radical (unpaired) electrons. The molecule has 0 bridgehead atoms. The fraction of sp³-hybridized carbons (Fsp3) is 0.194. The summed E-state index contributed by atoms with van der Waals surface area (Å²) < 4.78 is 7.15. The van der Waals surface area contributed by atoms with E-state index in [0.717, 1.165) is 33.1 Å². The predicted molar refractivity (Wildman–Crippen MR) is 173 cm³/mol. The van der Waals surface area contributed by atoms with Crippen molar-refractivity contribution in [2.75, 3.05) is 16.8 Å². The number of nitrogens with zero attached hydrogens (tertiary/aromatic N) is 2. The predicted octanol–water partition coefficient (Wildman–Crippen LogP) is 5.94. The summed E-state index contributed by atoms with van der Waals surface area (Å²) in [6, 6.07) is 20.2. The van der Waals surface area contributed by atoms with Gasteiger partial charge in [0, 0.05) is 26.0 Å². The lowest BCUT2D eigenvalue weighted by molar-refractivity contribution is -0.122. The van der Waals surface area contributed by atoms with Gasteiger partial charge in [-0.2, -0.15) is 0 Å². The number of benzene rings is 3. The van der Waals surface area contributed by atoms with Gasteiger partial charge in [-0.25, -0.2) is 9.69 Å². The summed E-state index contributed by atoms with van der Waals surface area (Å²) in [5.74, 6) is -3.02. The third-order valence-electron chi connectivity index (χ3n) is 7.34. The molecular formula is C31H23BrClN3O6S2. The first-order valence-electron chi connectivity index (χ1n) is 13.5. The van der Waals surface area contributed by atoms with Crippen LogP contribution in [-0.4, -0.2) is 40.1 Å². The van der Waals surface area contributed by atoms with Crippen LogP contribution in [0.25, 0.3) is 0 Å². The first-order valence-corrected chi connectivity index (χ1v) is 16.4. The van der Waals surface area contributed by atoms with E-state index in [4.69, 9.17) is 16.3 Å². The quantitative estimate of drug-likeness (QED) is 0.187. The molecule has 44 heavy (non-hydrogen) atoms. The number of nitrogens with one attached hydrogen (secondary N) is 1. The lowest BCUT2D eigenvalue weighted by Crippen LogP contribution is -2.33. The van der Waals surface area contributed by atoms with Crippen LogP contribution < -0.4 is 15.1 Å². The summed E-state index contributed by atoms with van der Waals surface area (Å²) in [6.45, 7) is 1.66. The van der Waals surface area contributed by atoms with Crippen LogP contribution in [0.5, 0.6) is 0 Å². The van der Waals surface area contributed by atoms with Crippen molar-refractivity contribution in [3.63, 3.8) is 0 Å². The molecular weight excluding hydrogens is 690 g/mol. The topological polar surface area (TPSA) is 115 Å². The van der Waals surface area contributed by atoms with Gasteiger partial charge in [0.1, 0.15) is 11.8 Å². The van der Waals surface area contributed by atoms with Gasteiger partial charge in [-0.1, -0.05) is 62.8 Å². The number of rotatable bonds is 7. The number of hydrogen-bond donors (Lipinski definition) is 1. The van der Waals surface area contributed by atoms with Gasteiger partial charge in [0.15, 0.2) is 0 Å². The van der Waals surface area contributed by atoms with E-state index >= 15 is 0 Å². The summed E-state index contributed by atoms with van der Waals surface area (Å²) in [5, 5.41) is 2.94. The Morgan fingerprint density at radius 2 is 1.64 bits per heavy atom. The maximum absolute atomic E-state index is 14.0. The van der Waals surface area contributed by atoms with E-state index in [9.17, 15) is 24.0 Å². The zero-order valence-corrected chi connectivity index (χ0v) is 27.0. The summed E-state index contributed by atoms with van der Waals surface area (Å²) in [5.41, 5.74) is 1.99. The van der Waals surface area contributed by atoms with Crippen LogP contribution in [0.4, 0.5) is 11.4 Å². The van der Waals surface area contributed by atoms with Crippen molar-refractivity contribution in [3.8, 4) is 0 Å². The third-order valence-corrected chi connectivity index (χ3v) is 10.7. The van der Waals surface area contributed by atoms with Crippen LogP contribution in [0.2, 0.25) is 5.02 Å². The van der Waals surface area contributed by atoms with Crippen LogP contribution in [-0.2, 0) is 25.7 Å². The molecule has 0 aliphatic carbocycles. The molecule has 6 rings (SSSR count). The molecule has 2 aliphatic heterocycles. The highest BCUT2D eigenvalue weighted by molar-refractivity contribution is 9.10. The lowest BCUT2D eigenvalue weighted by Gasteiger charge is -2.30. The molecule has 1 fully saturated rings. The number of carbonyl (C=O) groups excluding carboxylic acids is 4. The number of thiazole rings is 1. The number of thioether (sulfide) groups is 1. The van der Waals surface area contributed by atoms with Gasteiger partial charge in [0.05, 0.1) is 28.8 Å². The molecule has 3 aromatic carbocycles. The third kappa shape index (κ3) is 5.63. The Balaban J connectivity index is 1.33. The van der Waals surface area contributed by atoms with E-state index in [1.807, 2.05) is 0 Å². The minimum atomic E-state index is -0.807. The number of anilines is 2. The summed E-state index contributed by atoms with van der Waals surface area (Å²) in [6.07, 6.45) is 0. The molecule has 1 N–H and O–H groups in total. The number of imide groups is 1. The average molecular weight is 713 g/mol. The van der Waals surface area contributed by atoms with Gasteiger partial charge >= 0.3 is 10.8 Å². The normalized spacial score (nSPS) is 19.0. The number of halogens is 2. The van der Waals surface area contributed by atoms with Gasteiger partial charge in [-0.15, -0.1) is 0 Å². The van der Waals surface area contributed by atoms with E-state index in [2.05, 4.69) is 21.2 Å². The molecule has 3 heterocycles. The Hall–Kier alpha value is -3.71. The van der Waals surface area contributed by atoms with Gasteiger partial charge < -0.3 is 10.1 Å². The largest absolute Gasteiger partial charge is 0.462 e. The Labute approximate surface area is 273 Å². The number of esters is 1. The summed E-state index contributed by atoms with van der Waals surface area (Å²) in [7, 11) is 0. The van der Waals surface area contributed by atoms with Crippen molar-refractivity contribution in [1.82, 2.24) is 4.57 Å². The average Bonchev–Trinajstić information content (AvgIpc) is 3.45. The molecule has 224 valence electrons. The molecule has 4 aromatic rings. The maximum Gasteiger partial charge on any atom is 0.338 e. The first kappa shape index (κ1) is 30.3. The molecule has 3 amide bonds. The number of hydrogen-bond acceptors (Lipinski definition) is 8. The Bertz CT molecular complexity index is 1840. The lowest BCUT2D eigenvalue weighted by atomic mass is 9.83. The second kappa shape index (κ2) is 12.4. The smallest absolute Gasteiger partial charge is 0.338 e. The highest BCUT2D eigenvalue weighted by atomic mass is 79.9. The molecule has 2 unspecified atom stereocenters. The number of aromatic nitrogens is 1. The van der Waals surface area contributed by atoms with Crippen molar-refractivity contribution in [1.29, 1.82) is 0 Å². The second-order valence-corrected chi connectivity index (χ2v) is 13.5. The van der Waals surface area contributed by atoms with Gasteiger partial charge in [0.2, 0.25) is 17.7 Å². The minimum Gasteiger partial charge on any atom is -0.462 e. The molecule has 1 aromatic heterocycles. The van der Waals surface area contributed by atoms with Crippen molar-refractivity contribution in [3.05, 3.63) is 108 Å². The van der Waals surface area contributed by atoms with E-state index < -0.39 is 29.0 Å². The summed E-state index contributed by atoms with van der Waals surface area (Å²) in [4.78, 5) is 67.6. The molecule has 0 spiro atoms. The van der Waals surface area contributed by atoms with Crippen LogP contribution >= 0.6 is 50.6 Å². The number of fused-ring (bicyclic) bond motifs is 2. The van der Waals surface area contributed by atoms with Gasteiger partial charge in [-0.3, -0.25) is 23.7 Å². The van der Waals surface area contributed by atoms with Crippen LogP contribution in [0.1, 0.15) is 33.6 Å². The van der Waals surface area contributed by atoms with E-state index in [1.54, 1.807) is 79.7 Å². The zero-order valence-electron chi connectivity index (χ0n) is 23.0. The van der Waals surface area contributed by atoms with Crippen molar-refractivity contribution in [2.24, 2.45) is 5.92 Å². The highest BCUT2D eigenvalue weighted by Crippen LogP contribution is 2.54. The summed E-state index contributed by atoms with van der Waals surface area (Å²) >= 11 is 11.7. The number of carbonyl (C=O) groups is 4.